The quantitative estimate of drug-likeness (QED) is 0.579. The minimum atomic E-state index is -3.37. The van der Waals surface area contributed by atoms with Crippen molar-refractivity contribution in [3.05, 3.63) is 35.9 Å². The smallest absolute Gasteiger partial charge is 0.229 e. The van der Waals surface area contributed by atoms with E-state index in [4.69, 9.17) is 0 Å². The molecule has 0 saturated carbocycles. The second kappa shape index (κ2) is 8.47. The molecule has 3 rings (SSSR count). The molecule has 1 aliphatic rings. The third kappa shape index (κ3) is 4.81. The van der Waals surface area contributed by atoms with Gasteiger partial charge in [0.2, 0.25) is 21.1 Å². The molecule has 0 aliphatic carbocycles. The van der Waals surface area contributed by atoms with E-state index in [1.807, 2.05) is 36.6 Å². The van der Waals surface area contributed by atoms with Crippen LogP contribution in [0.15, 0.2) is 34.7 Å². The summed E-state index contributed by atoms with van der Waals surface area (Å²) < 4.78 is 27.4. The number of sulfonamides is 1. The Morgan fingerprint density at radius 2 is 1.96 bits per heavy atom. The van der Waals surface area contributed by atoms with Gasteiger partial charge >= 0.3 is 0 Å². The largest absolute Gasteiger partial charge is 0.300 e. The average molecular weight is 413 g/mol. The first kappa shape index (κ1) is 19.3. The van der Waals surface area contributed by atoms with Crippen LogP contribution in [-0.2, 0) is 20.6 Å². The number of anilines is 1. The van der Waals surface area contributed by atoms with Gasteiger partial charge in [-0.1, -0.05) is 53.4 Å². The molecule has 0 radical (unpaired) electrons. The summed E-state index contributed by atoms with van der Waals surface area (Å²) >= 11 is 2.81. The zero-order chi connectivity index (χ0) is 18.6. The van der Waals surface area contributed by atoms with Crippen molar-refractivity contribution in [2.45, 2.75) is 22.9 Å². The highest BCUT2D eigenvalue weighted by atomic mass is 32.2. The number of thioether (sulfide) groups is 1. The van der Waals surface area contributed by atoms with Crippen molar-refractivity contribution >= 4 is 44.2 Å². The minimum Gasteiger partial charge on any atom is -0.300 e. The molecule has 1 saturated heterocycles. The minimum absolute atomic E-state index is 0.00699. The first-order valence-corrected chi connectivity index (χ1v) is 11.8. The van der Waals surface area contributed by atoms with Gasteiger partial charge in [0.05, 0.1) is 5.75 Å². The van der Waals surface area contributed by atoms with Crippen LogP contribution in [-0.4, -0.2) is 48.2 Å². The number of benzene rings is 1. The maximum atomic E-state index is 12.6. The van der Waals surface area contributed by atoms with E-state index in [2.05, 4.69) is 15.5 Å². The van der Waals surface area contributed by atoms with Gasteiger partial charge in [-0.05, 0) is 24.7 Å². The number of carbonyl (C=O) groups is 1. The third-order valence-electron chi connectivity index (χ3n) is 4.22. The van der Waals surface area contributed by atoms with Crippen LogP contribution in [0.3, 0.4) is 0 Å². The van der Waals surface area contributed by atoms with Gasteiger partial charge in [-0.3, -0.25) is 4.79 Å². The van der Waals surface area contributed by atoms with Crippen molar-refractivity contribution in [3.63, 3.8) is 0 Å². The van der Waals surface area contributed by atoms with E-state index in [0.717, 1.165) is 9.90 Å². The molecule has 0 bridgehead atoms. The lowest BCUT2D eigenvalue weighted by Crippen LogP contribution is -2.41. The first-order valence-electron chi connectivity index (χ1n) is 8.18. The monoisotopic (exact) mass is 412 g/mol. The van der Waals surface area contributed by atoms with Crippen molar-refractivity contribution in [2.75, 3.05) is 24.7 Å². The number of nitrogens with zero attached hydrogens (tertiary/aromatic N) is 3. The van der Waals surface area contributed by atoms with E-state index in [1.54, 1.807) is 0 Å². The molecule has 140 valence electrons. The Labute approximate surface area is 161 Å². The summed E-state index contributed by atoms with van der Waals surface area (Å²) in [5, 5.41) is 11.1. The van der Waals surface area contributed by atoms with Gasteiger partial charge in [0.25, 0.3) is 0 Å². The Balaban J connectivity index is 1.54. The molecule has 0 unspecified atom stereocenters. The normalized spacial score (nSPS) is 16.5. The van der Waals surface area contributed by atoms with Gasteiger partial charge in [-0.15, -0.1) is 10.2 Å². The van der Waals surface area contributed by atoms with E-state index < -0.39 is 10.0 Å². The molecule has 1 fully saturated rings. The Bertz CT molecular complexity index is 847. The summed E-state index contributed by atoms with van der Waals surface area (Å²) in [6.45, 7) is 0.721. The van der Waals surface area contributed by atoms with Crippen LogP contribution >= 0.6 is 23.1 Å². The molecular formula is C16H20N4O3S3. The topological polar surface area (TPSA) is 92.3 Å². The van der Waals surface area contributed by atoms with E-state index >= 15 is 0 Å². The van der Waals surface area contributed by atoms with Crippen LogP contribution in [0.2, 0.25) is 0 Å². The van der Waals surface area contributed by atoms with Crippen molar-refractivity contribution in [1.29, 1.82) is 0 Å². The zero-order valence-corrected chi connectivity index (χ0v) is 16.7. The number of nitrogens with one attached hydrogen (secondary N) is 1. The van der Waals surface area contributed by atoms with Crippen LogP contribution < -0.4 is 5.32 Å². The molecule has 1 amide bonds. The maximum absolute atomic E-state index is 12.6. The summed E-state index contributed by atoms with van der Waals surface area (Å²) in [6, 6.07) is 9.14. The number of aromatic nitrogens is 2. The fourth-order valence-corrected chi connectivity index (χ4v) is 5.56. The van der Waals surface area contributed by atoms with Gasteiger partial charge in [-0.2, -0.15) is 0 Å². The highest BCUT2D eigenvalue weighted by Crippen LogP contribution is 2.26. The summed E-state index contributed by atoms with van der Waals surface area (Å²) in [5.74, 6) is -0.332. The molecule has 26 heavy (non-hydrogen) atoms. The predicted octanol–water partition coefficient (Wildman–Crippen LogP) is 2.44. The fourth-order valence-electron chi connectivity index (χ4n) is 2.82. The molecule has 1 N–H and O–H groups in total. The average Bonchev–Trinajstić information content (AvgIpc) is 3.10. The second-order valence-corrected chi connectivity index (χ2v) is 9.98. The Kier molecular flexibility index (Phi) is 6.28. The van der Waals surface area contributed by atoms with Crippen molar-refractivity contribution in [3.8, 4) is 0 Å². The number of piperidine rings is 1. The van der Waals surface area contributed by atoms with E-state index in [9.17, 15) is 13.2 Å². The summed E-state index contributed by atoms with van der Waals surface area (Å²) in [7, 11) is -3.37. The number of amides is 1. The van der Waals surface area contributed by atoms with Gasteiger partial charge in [0.1, 0.15) is 0 Å². The lowest BCUT2D eigenvalue weighted by molar-refractivity contribution is -0.120. The molecule has 1 aromatic heterocycles. The number of carbonyl (C=O) groups excluding carboxylic acids is 1. The van der Waals surface area contributed by atoms with Crippen LogP contribution in [0.1, 0.15) is 18.4 Å². The van der Waals surface area contributed by atoms with Crippen LogP contribution in [0.5, 0.6) is 0 Å². The Hall–Kier alpha value is -1.49. The highest BCUT2D eigenvalue weighted by molar-refractivity contribution is 8.00. The molecule has 0 atom stereocenters. The van der Waals surface area contributed by atoms with Crippen LogP contribution in [0.4, 0.5) is 5.13 Å². The lowest BCUT2D eigenvalue weighted by atomic mass is 9.97. The zero-order valence-electron chi connectivity index (χ0n) is 14.3. The molecule has 1 aliphatic heterocycles. The number of rotatable bonds is 6. The van der Waals surface area contributed by atoms with E-state index in [1.165, 1.54) is 27.4 Å². The summed E-state index contributed by atoms with van der Waals surface area (Å²) in [6.07, 6.45) is 2.92. The Morgan fingerprint density at radius 3 is 2.58 bits per heavy atom. The van der Waals surface area contributed by atoms with Gasteiger partial charge < -0.3 is 5.32 Å². The third-order valence-corrected chi connectivity index (χ3v) is 7.89. The standard InChI is InChI=1S/C16H20N4O3S3/c1-24-16-19-18-15(25-16)17-14(21)13-7-9-20(10-8-13)26(22,23)11-12-5-3-2-4-6-12/h2-6,13H,7-11H2,1H3,(H,17,18,21). The molecule has 1 aromatic carbocycles. The van der Waals surface area contributed by atoms with Crippen LogP contribution in [0, 0.1) is 5.92 Å². The number of hydrogen-bond acceptors (Lipinski definition) is 7. The SMILES string of the molecule is CSc1nnc(NC(=O)C2CCN(S(=O)(=O)Cc3ccccc3)CC2)s1. The molecule has 2 aromatic rings. The molecule has 10 heteroatoms. The van der Waals surface area contributed by atoms with E-state index in [0.29, 0.717) is 31.1 Å². The Morgan fingerprint density at radius 1 is 1.27 bits per heavy atom. The lowest BCUT2D eigenvalue weighted by Gasteiger charge is -2.30. The fraction of sp³-hybridized carbons (Fsp3) is 0.438. The van der Waals surface area contributed by atoms with Gasteiger partial charge in [-0.25, -0.2) is 12.7 Å². The second-order valence-electron chi connectivity index (χ2n) is 5.98. The highest BCUT2D eigenvalue weighted by Gasteiger charge is 2.31. The van der Waals surface area contributed by atoms with Crippen molar-refractivity contribution < 1.29 is 13.2 Å². The molecular weight excluding hydrogens is 392 g/mol. The predicted molar refractivity (Wildman–Crippen MR) is 104 cm³/mol. The van der Waals surface area contributed by atoms with Gasteiger partial charge in [0.15, 0.2) is 4.34 Å². The molecule has 0 spiro atoms. The van der Waals surface area contributed by atoms with Gasteiger partial charge in [0, 0.05) is 19.0 Å². The summed E-state index contributed by atoms with van der Waals surface area (Å²) in [5.41, 5.74) is 0.772. The van der Waals surface area contributed by atoms with E-state index in [-0.39, 0.29) is 17.6 Å². The van der Waals surface area contributed by atoms with Crippen molar-refractivity contribution in [1.82, 2.24) is 14.5 Å². The molecule has 7 nitrogen and oxygen atoms in total. The first-order chi connectivity index (χ1) is 12.5. The molecule has 2 heterocycles. The van der Waals surface area contributed by atoms with Crippen molar-refractivity contribution in [2.24, 2.45) is 5.92 Å². The summed E-state index contributed by atoms with van der Waals surface area (Å²) in [4.78, 5) is 12.4. The van der Waals surface area contributed by atoms with Crippen LogP contribution in [0.25, 0.3) is 0 Å². The maximum Gasteiger partial charge on any atom is 0.229 e. The number of hydrogen-bond donors (Lipinski definition) is 1.